The van der Waals surface area contributed by atoms with Crippen molar-refractivity contribution in [2.45, 2.75) is 19.4 Å². The molecule has 0 bridgehead atoms. The highest BCUT2D eigenvalue weighted by Crippen LogP contribution is 2.35. The first-order chi connectivity index (χ1) is 18.5. The number of benzene rings is 3. The molecular weight excluding hydrogens is 617 g/mol. The molecule has 194 valence electrons. The van der Waals surface area contributed by atoms with Crippen LogP contribution in [0.5, 0.6) is 5.75 Å². The Morgan fingerprint density at radius 2 is 1.61 bits per heavy atom. The lowest BCUT2D eigenvalue weighted by Gasteiger charge is -2.16. The van der Waals surface area contributed by atoms with Crippen molar-refractivity contribution in [1.29, 1.82) is 0 Å². The quantitative estimate of drug-likeness (QED) is 0.152. The first-order valence-corrected chi connectivity index (χ1v) is 13.6. The molecule has 2 N–H and O–H groups in total. The van der Waals surface area contributed by atoms with E-state index in [0.717, 1.165) is 51.7 Å². The van der Waals surface area contributed by atoms with Gasteiger partial charge >= 0.3 is 0 Å². The maximum absolute atomic E-state index is 13.1. The van der Waals surface area contributed by atoms with Crippen LogP contribution in [-0.2, 0) is 6.61 Å². The van der Waals surface area contributed by atoms with Crippen LogP contribution < -0.4 is 20.4 Å². The number of hydrogen-bond acceptors (Lipinski definition) is 8. The number of anilines is 4. The molecule has 38 heavy (non-hydrogen) atoms. The summed E-state index contributed by atoms with van der Waals surface area (Å²) in [6.45, 7) is 2.13. The third-order valence-electron chi connectivity index (χ3n) is 5.74. The molecule has 2 heterocycles. The number of halogens is 3. The average molecular weight is 641 g/mol. The Morgan fingerprint density at radius 3 is 2.32 bits per heavy atom. The van der Waals surface area contributed by atoms with Crippen molar-refractivity contribution in [3.05, 3.63) is 92.6 Å². The van der Waals surface area contributed by atoms with Crippen molar-refractivity contribution in [1.82, 2.24) is 15.0 Å². The van der Waals surface area contributed by atoms with E-state index in [1.807, 2.05) is 42.5 Å². The van der Waals surface area contributed by atoms with Gasteiger partial charge < -0.3 is 15.0 Å². The van der Waals surface area contributed by atoms with Gasteiger partial charge in [0.25, 0.3) is 0 Å². The Kier molecular flexibility index (Phi) is 8.44. The lowest BCUT2D eigenvalue weighted by molar-refractivity contribution is 0.302. The highest BCUT2D eigenvalue weighted by molar-refractivity contribution is 9.11. The average Bonchev–Trinajstić information content (AvgIpc) is 3.45. The standard InChI is InChI=1S/C27H24Br2FN7O/c28-22-14-19(15-23(29)24(22)38-17-18-8-10-20(30)11-9-18)16-31-36-26-33-25(32-21-6-2-1-3-7-21)34-27(35-26)37-12-4-5-13-37/h1-3,6-11,14-16H,4-5,12-13,17H2,(H2,32,33,34,35,36)/b31-16-. The van der Waals surface area contributed by atoms with Crippen molar-refractivity contribution >= 4 is 61.6 Å². The summed E-state index contributed by atoms with van der Waals surface area (Å²) in [6.07, 6.45) is 3.89. The molecule has 0 aliphatic carbocycles. The van der Waals surface area contributed by atoms with Crippen molar-refractivity contribution in [2.75, 3.05) is 28.7 Å². The van der Waals surface area contributed by atoms with Gasteiger partial charge in [-0.25, -0.2) is 9.82 Å². The SMILES string of the molecule is Fc1ccc(COc2c(Br)cc(/C=N\Nc3nc(Nc4ccccc4)nc(N4CCCC4)n3)cc2Br)cc1. The predicted octanol–water partition coefficient (Wildman–Crippen LogP) is 6.90. The number of hydrogen-bond donors (Lipinski definition) is 2. The van der Waals surface area contributed by atoms with Crippen molar-refractivity contribution in [3.8, 4) is 5.75 Å². The second-order valence-corrected chi connectivity index (χ2v) is 10.3. The summed E-state index contributed by atoms with van der Waals surface area (Å²) in [4.78, 5) is 15.8. The van der Waals surface area contributed by atoms with E-state index >= 15 is 0 Å². The fraction of sp³-hybridized carbons (Fsp3) is 0.185. The second-order valence-electron chi connectivity index (χ2n) is 8.57. The monoisotopic (exact) mass is 639 g/mol. The van der Waals surface area contributed by atoms with Crippen LogP contribution in [0, 0.1) is 5.82 Å². The number of ether oxygens (including phenoxy) is 1. The molecular formula is C27H24Br2FN7O. The van der Waals surface area contributed by atoms with E-state index in [1.54, 1.807) is 18.3 Å². The third kappa shape index (κ3) is 6.84. The van der Waals surface area contributed by atoms with Crippen molar-refractivity contribution < 1.29 is 9.13 Å². The zero-order valence-corrected chi connectivity index (χ0v) is 23.4. The molecule has 8 nitrogen and oxygen atoms in total. The summed E-state index contributed by atoms with van der Waals surface area (Å²) in [6, 6.07) is 19.8. The van der Waals surface area contributed by atoms with Crippen LogP contribution in [0.25, 0.3) is 0 Å². The van der Waals surface area contributed by atoms with Gasteiger partial charge in [-0.15, -0.1) is 0 Å². The molecule has 0 saturated carbocycles. The Balaban J connectivity index is 1.29. The molecule has 1 aliphatic heterocycles. The fourth-order valence-corrected chi connectivity index (χ4v) is 5.32. The Labute approximate surface area is 236 Å². The van der Waals surface area contributed by atoms with Gasteiger partial charge in [0.15, 0.2) is 0 Å². The molecule has 0 amide bonds. The zero-order valence-electron chi connectivity index (χ0n) is 20.2. The maximum atomic E-state index is 13.1. The maximum Gasteiger partial charge on any atom is 0.250 e. The molecule has 4 aromatic rings. The van der Waals surface area contributed by atoms with E-state index in [0.29, 0.717) is 30.2 Å². The summed E-state index contributed by atoms with van der Waals surface area (Å²) in [5.41, 5.74) is 5.51. The normalized spacial score (nSPS) is 13.2. The van der Waals surface area contributed by atoms with Gasteiger partial charge in [-0.3, -0.25) is 0 Å². The molecule has 0 radical (unpaired) electrons. The molecule has 1 aliphatic rings. The summed E-state index contributed by atoms with van der Waals surface area (Å²) < 4.78 is 20.6. The number of para-hydroxylation sites is 1. The van der Waals surface area contributed by atoms with Gasteiger partial charge in [-0.05, 0) is 92.2 Å². The molecule has 5 rings (SSSR count). The third-order valence-corrected chi connectivity index (χ3v) is 6.92. The Bertz CT molecular complexity index is 1390. The van der Waals surface area contributed by atoms with Gasteiger partial charge in [-0.2, -0.15) is 20.1 Å². The van der Waals surface area contributed by atoms with Crippen LogP contribution in [-0.4, -0.2) is 34.3 Å². The highest BCUT2D eigenvalue weighted by atomic mass is 79.9. The number of aromatic nitrogens is 3. The fourth-order valence-electron chi connectivity index (χ4n) is 3.87. The van der Waals surface area contributed by atoms with Crippen LogP contribution in [0.4, 0.5) is 27.9 Å². The topological polar surface area (TPSA) is 87.6 Å². The summed E-state index contributed by atoms with van der Waals surface area (Å²) in [5, 5.41) is 7.59. The first-order valence-electron chi connectivity index (χ1n) is 12.0. The van der Waals surface area contributed by atoms with E-state index < -0.39 is 0 Å². The highest BCUT2D eigenvalue weighted by Gasteiger charge is 2.17. The van der Waals surface area contributed by atoms with E-state index in [1.165, 1.54) is 12.1 Å². The molecule has 3 aromatic carbocycles. The summed E-state index contributed by atoms with van der Waals surface area (Å²) in [5.74, 6) is 1.76. The Hall–Kier alpha value is -3.57. The van der Waals surface area contributed by atoms with Crippen molar-refractivity contribution in [2.24, 2.45) is 5.10 Å². The van der Waals surface area contributed by atoms with Gasteiger partial charge in [0.1, 0.15) is 18.2 Å². The van der Waals surface area contributed by atoms with Gasteiger partial charge in [0.2, 0.25) is 17.8 Å². The minimum absolute atomic E-state index is 0.276. The zero-order chi connectivity index (χ0) is 26.3. The summed E-state index contributed by atoms with van der Waals surface area (Å²) in [7, 11) is 0. The summed E-state index contributed by atoms with van der Waals surface area (Å²) >= 11 is 7.13. The van der Waals surface area contributed by atoms with E-state index in [4.69, 9.17) is 4.74 Å². The van der Waals surface area contributed by atoms with Crippen LogP contribution in [0.15, 0.2) is 80.8 Å². The van der Waals surface area contributed by atoms with Crippen LogP contribution in [0.3, 0.4) is 0 Å². The molecule has 11 heteroatoms. The smallest absolute Gasteiger partial charge is 0.250 e. The molecule has 0 spiro atoms. The Morgan fingerprint density at radius 1 is 0.921 bits per heavy atom. The van der Waals surface area contributed by atoms with E-state index in [9.17, 15) is 4.39 Å². The molecule has 1 saturated heterocycles. The number of hydrazone groups is 1. The van der Waals surface area contributed by atoms with E-state index in [-0.39, 0.29) is 5.82 Å². The number of nitrogens with one attached hydrogen (secondary N) is 2. The van der Waals surface area contributed by atoms with E-state index in [2.05, 4.69) is 67.6 Å². The van der Waals surface area contributed by atoms with Gasteiger partial charge in [0, 0.05) is 18.8 Å². The largest absolute Gasteiger partial charge is 0.487 e. The van der Waals surface area contributed by atoms with Crippen LogP contribution in [0.2, 0.25) is 0 Å². The first kappa shape index (κ1) is 26.1. The second kappa shape index (κ2) is 12.3. The minimum atomic E-state index is -0.276. The molecule has 1 aromatic heterocycles. The van der Waals surface area contributed by atoms with Crippen molar-refractivity contribution in [3.63, 3.8) is 0 Å². The lowest BCUT2D eigenvalue weighted by atomic mass is 10.2. The van der Waals surface area contributed by atoms with Crippen LogP contribution in [0.1, 0.15) is 24.0 Å². The van der Waals surface area contributed by atoms with Crippen LogP contribution >= 0.6 is 31.9 Å². The molecule has 0 unspecified atom stereocenters. The number of rotatable bonds is 9. The van der Waals surface area contributed by atoms with Gasteiger partial charge in [0.05, 0.1) is 15.2 Å². The molecule has 1 fully saturated rings. The molecule has 0 atom stereocenters. The number of nitrogens with zero attached hydrogens (tertiary/aromatic N) is 5. The predicted molar refractivity (Wildman–Crippen MR) is 155 cm³/mol. The minimum Gasteiger partial charge on any atom is -0.487 e. The lowest BCUT2D eigenvalue weighted by Crippen LogP contribution is -2.21. The van der Waals surface area contributed by atoms with Gasteiger partial charge in [-0.1, -0.05) is 30.3 Å².